The van der Waals surface area contributed by atoms with Gasteiger partial charge in [-0.05, 0) is 96.1 Å². The molecule has 0 spiro atoms. The van der Waals surface area contributed by atoms with E-state index in [1.165, 1.54) is 0 Å². The van der Waals surface area contributed by atoms with Crippen LogP contribution in [0.5, 0.6) is 6.01 Å². The number of hydrogen-bond donors (Lipinski definition) is 1. The van der Waals surface area contributed by atoms with Crippen molar-refractivity contribution in [3.8, 4) is 17.9 Å². The maximum Gasteiger partial charge on any atom is 0.348 e. The fourth-order valence-electron chi connectivity index (χ4n) is 5.38. The summed E-state index contributed by atoms with van der Waals surface area (Å²) in [5.74, 6) is 5.95. The SMILES string of the molecule is CCc1cnc(OC2CCC(N(C(=O)C3CCC(C)CC3)c3cc(C#CC(C)(C)C)sc3C(=O)O)CC2)nc1. The van der Waals surface area contributed by atoms with Crippen molar-refractivity contribution in [2.45, 2.75) is 105 Å². The van der Waals surface area contributed by atoms with E-state index in [0.29, 0.717) is 22.5 Å². The molecule has 7 nitrogen and oxygen atoms in total. The number of ether oxygens (including phenoxy) is 1. The van der Waals surface area contributed by atoms with Crippen LogP contribution in [0.25, 0.3) is 0 Å². The quantitative estimate of drug-likeness (QED) is 0.383. The zero-order valence-corrected chi connectivity index (χ0v) is 24.6. The van der Waals surface area contributed by atoms with Crippen molar-refractivity contribution in [2.24, 2.45) is 17.3 Å². The second-order valence-corrected chi connectivity index (χ2v) is 13.1. The van der Waals surface area contributed by atoms with Gasteiger partial charge < -0.3 is 14.7 Å². The van der Waals surface area contributed by atoms with Gasteiger partial charge in [0.2, 0.25) is 5.91 Å². The summed E-state index contributed by atoms with van der Waals surface area (Å²) in [6.45, 7) is 10.4. The molecule has 0 aliphatic heterocycles. The van der Waals surface area contributed by atoms with Crippen LogP contribution in [0, 0.1) is 29.1 Å². The summed E-state index contributed by atoms with van der Waals surface area (Å²) in [5.41, 5.74) is 1.35. The molecule has 39 heavy (non-hydrogen) atoms. The molecule has 0 atom stereocenters. The minimum atomic E-state index is -1.02. The number of hydrogen-bond acceptors (Lipinski definition) is 6. The lowest BCUT2D eigenvalue weighted by Crippen LogP contribution is -2.47. The maximum absolute atomic E-state index is 14.1. The van der Waals surface area contributed by atoms with E-state index in [0.717, 1.165) is 74.7 Å². The molecule has 0 unspecified atom stereocenters. The van der Waals surface area contributed by atoms with Gasteiger partial charge in [-0.1, -0.05) is 25.7 Å². The lowest BCUT2D eigenvalue weighted by molar-refractivity contribution is -0.124. The molecule has 210 valence electrons. The normalized spacial score (nSPS) is 23.4. The van der Waals surface area contributed by atoms with Gasteiger partial charge in [-0.3, -0.25) is 4.79 Å². The van der Waals surface area contributed by atoms with E-state index in [1.54, 1.807) is 12.4 Å². The van der Waals surface area contributed by atoms with E-state index in [1.807, 2.05) is 31.7 Å². The highest BCUT2D eigenvalue weighted by atomic mass is 32.1. The number of carbonyl (C=O) groups is 2. The van der Waals surface area contributed by atoms with Crippen LogP contribution >= 0.6 is 11.3 Å². The number of nitrogens with zero attached hydrogens (tertiary/aromatic N) is 3. The third-order valence-electron chi connectivity index (χ3n) is 7.70. The average Bonchev–Trinajstić information content (AvgIpc) is 3.33. The van der Waals surface area contributed by atoms with E-state index in [4.69, 9.17) is 4.74 Å². The average molecular weight is 552 g/mol. The van der Waals surface area contributed by atoms with Gasteiger partial charge in [-0.25, -0.2) is 14.8 Å². The van der Waals surface area contributed by atoms with Gasteiger partial charge in [0, 0.05) is 29.8 Å². The van der Waals surface area contributed by atoms with Gasteiger partial charge in [0.25, 0.3) is 0 Å². The molecule has 2 fully saturated rings. The number of carboxylic acids is 1. The number of aryl methyl sites for hydroxylation is 1. The van der Waals surface area contributed by atoms with Crippen molar-refractivity contribution in [3.63, 3.8) is 0 Å². The van der Waals surface area contributed by atoms with E-state index < -0.39 is 5.97 Å². The van der Waals surface area contributed by atoms with Crippen LogP contribution in [0.3, 0.4) is 0 Å². The Hall–Kier alpha value is -2.92. The maximum atomic E-state index is 14.1. The summed E-state index contributed by atoms with van der Waals surface area (Å²) in [6, 6.07) is 2.12. The second-order valence-electron chi connectivity index (χ2n) is 12.1. The van der Waals surface area contributed by atoms with Crippen molar-refractivity contribution >= 4 is 28.9 Å². The fraction of sp³-hybridized carbons (Fsp3) is 0.613. The summed E-state index contributed by atoms with van der Waals surface area (Å²) in [6.07, 6.45) is 11.1. The van der Waals surface area contributed by atoms with Crippen LogP contribution in [0.15, 0.2) is 18.5 Å². The molecule has 4 rings (SSSR count). The van der Waals surface area contributed by atoms with Crippen molar-refractivity contribution in [1.29, 1.82) is 0 Å². The Morgan fingerprint density at radius 1 is 1.08 bits per heavy atom. The third-order valence-corrected chi connectivity index (χ3v) is 8.73. The number of carbonyl (C=O) groups excluding carboxylic acids is 1. The van der Waals surface area contributed by atoms with Gasteiger partial charge in [0.05, 0.1) is 10.6 Å². The molecule has 0 bridgehead atoms. The predicted molar refractivity (Wildman–Crippen MR) is 154 cm³/mol. The van der Waals surface area contributed by atoms with Gasteiger partial charge >= 0.3 is 12.0 Å². The molecule has 2 aliphatic carbocycles. The Bertz CT molecular complexity index is 1210. The van der Waals surface area contributed by atoms with Crippen LogP contribution in [0.1, 0.15) is 106 Å². The van der Waals surface area contributed by atoms with E-state index in [9.17, 15) is 14.7 Å². The van der Waals surface area contributed by atoms with Gasteiger partial charge in [0.1, 0.15) is 11.0 Å². The molecule has 0 saturated heterocycles. The molecule has 0 aromatic carbocycles. The minimum absolute atomic E-state index is 0.0316. The lowest BCUT2D eigenvalue weighted by Gasteiger charge is -2.39. The molecule has 0 radical (unpaired) electrons. The summed E-state index contributed by atoms with van der Waals surface area (Å²) in [4.78, 5) is 37.8. The number of anilines is 1. The first-order valence-corrected chi connectivity index (χ1v) is 15.1. The van der Waals surface area contributed by atoms with Crippen molar-refractivity contribution in [3.05, 3.63) is 33.8 Å². The minimum Gasteiger partial charge on any atom is -0.477 e. The number of aromatic carboxylic acids is 1. The topological polar surface area (TPSA) is 92.6 Å². The van der Waals surface area contributed by atoms with E-state index in [-0.39, 0.29) is 34.3 Å². The smallest absolute Gasteiger partial charge is 0.348 e. The van der Waals surface area contributed by atoms with Crippen molar-refractivity contribution in [2.75, 3.05) is 4.90 Å². The Labute approximate surface area is 236 Å². The van der Waals surface area contributed by atoms with Gasteiger partial charge in [-0.2, -0.15) is 0 Å². The number of rotatable bonds is 7. The number of carboxylic acid groups (broad SMARTS) is 1. The molecule has 2 heterocycles. The van der Waals surface area contributed by atoms with Gasteiger partial charge in [0.15, 0.2) is 0 Å². The highest BCUT2D eigenvalue weighted by Gasteiger charge is 2.38. The molecule has 2 aliphatic rings. The Kier molecular flexibility index (Phi) is 9.32. The van der Waals surface area contributed by atoms with E-state index >= 15 is 0 Å². The molecule has 2 aromatic heterocycles. The Morgan fingerprint density at radius 2 is 1.72 bits per heavy atom. The molecule has 8 heteroatoms. The fourth-order valence-corrected chi connectivity index (χ4v) is 6.22. The van der Waals surface area contributed by atoms with Crippen LogP contribution in [0.2, 0.25) is 0 Å². The summed E-state index contributed by atoms with van der Waals surface area (Å²) < 4.78 is 6.07. The first kappa shape index (κ1) is 29.1. The first-order chi connectivity index (χ1) is 18.5. The molecular weight excluding hydrogens is 510 g/mol. The highest BCUT2D eigenvalue weighted by molar-refractivity contribution is 7.15. The predicted octanol–water partition coefficient (Wildman–Crippen LogP) is 6.75. The Morgan fingerprint density at radius 3 is 2.28 bits per heavy atom. The molecule has 2 aromatic rings. The second kappa shape index (κ2) is 12.5. The van der Waals surface area contributed by atoms with Gasteiger partial charge in [-0.15, -0.1) is 11.3 Å². The standard InChI is InChI=1S/C31H41N3O4S/c1-6-21-18-32-30(33-19-21)38-24-13-11-23(12-14-24)34(28(35)22-9-7-20(2)8-10-22)26-17-25(15-16-31(3,4)5)39-27(26)29(36)37/h17-20,22-24H,6-14H2,1-5H3,(H,36,37). The first-order valence-electron chi connectivity index (χ1n) is 14.2. The summed E-state index contributed by atoms with van der Waals surface area (Å²) in [5, 5.41) is 10.1. The lowest BCUT2D eigenvalue weighted by atomic mass is 9.81. The zero-order valence-electron chi connectivity index (χ0n) is 23.8. The number of aromatic nitrogens is 2. The summed E-state index contributed by atoms with van der Waals surface area (Å²) in [7, 11) is 0. The molecule has 1 N–H and O–H groups in total. The molecule has 2 saturated carbocycles. The van der Waals surface area contributed by atoms with Crippen LogP contribution in [-0.2, 0) is 11.2 Å². The van der Waals surface area contributed by atoms with Crippen molar-refractivity contribution in [1.82, 2.24) is 9.97 Å². The van der Waals surface area contributed by atoms with Crippen LogP contribution in [-0.4, -0.2) is 39.1 Å². The van der Waals surface area contributed by atoms with E-state index in [2.05, 4.69) is 35.7 Å². The third kappa shape index (κ3) is 7.60. The number of amides is 1. The molecular formula is C31H41N3O4S. The monoisotopic (exact) mass is 551 g/mol. The van der Waals surface area contributed by atoms with Crippen molar-refractivity contribution < 1.29 is 19.4 Å². The largest absolute Gasteiger partial charge is 0.477 e. The molecule has 1 amide bonds. The zero-order chi connectivity index (χ0) is 28.2. The summed E-state index contributed by atoms with van der Waals surface area (Å²) >= 11 is 1.16. The van der Waals surface area contributed by atoms with Crippen LogP contribution < -0.4 is 9.64 Å². The highest BCUT2D eigenvalue weighted by Crippen LogP contribution is 2.39. The number of thiophene rings is 1. The van der Waals surface area contributed by atoms with Crippen LogP contribution in [0.4, 0.5) is 5.69 Å². The Balaban J connectivity index is 1.58.